The first kappa shape index (κ1) is 24.3. The molecule has 1 amide bonds. The molecule has 0 aromatic heterocycles. The van der Waals surface area contributed by atoms with E-state index in [0.29, 0.717) is 24.3 Å². The van der Waals surface area contributed by atoms with Crippen molar-refractivity contribution in [2.75, 3.05) is 31.5 Å². The van der Waals surface area contributed by atoms with E-state index in [1.165, 1.54) is 16.4 Å². The summed E-state index contributed by atoms with van der Waals surface area (Å²) >= 11 is 6.15. The van der Waals surface area contributed by atoms with E-state index in [1.807, 2.05) is 12.1 Å². The lowest BCUT2D eigenvalue weighted by atomic mass is 10.1. The number of halogens is 1. The molecule has 0 unspecified atom stereocenters. The fourth-order valence-corrected chi connectivity index (χ4v) is 5.11. The number of sulfonamides is 1. The molecule has 2 aromatic carbocycles. The van der Waals surface area contributed by atoms with Gasteiger partial charge in [-0.2, -0.15) is 4.31 Å². The van der Waals surface area contributed by atoms with Crippen molar-refractivity contribution >= 4 is 33.2 Å². The van der Waals surface area contributed by atoms with Crippen LogP contribution in [0.25, 0.3) is 0 Å². The minimum Gasteiger partial charge on any atom is -0.322 e. The van der Waals surface area contributed by atoms with Gasteiger partial charge in [-0.25, -0.2) is 8.42 Å². The van der Waals surface area contributed by atoms with Crippen molar-refractivity contribution in [3.05, 3.63) is 58.6 Å². The zero-order valence-corrected chi connectivity index (χ0v) is 19.6. The summed E-state index contributed by atoms with van der Waals surface area (Å²) in [5.74, 6) is -0.308. The standard InChI is InChI=1S/C22H30ClN3O3S/c1-5-25(6-2)16-17-9-11-18(12-10-17)22(27)24-19-13-14-20(23)21(15-19)30(28,29)26(7-3)8-4/h9-15H,5-8,16H2,1-4H3,(H,24,27). The molecule has 164 valence electrons. The van der Waals surface area contributed by atoms with E-state index in [-0.39, 0.29) is 15.8 Å². The quantitative estimate of drug-likeness (QED) is 0.578. The zero-order chi connectivity index (χ0) is 22.3. The molecule has 0 saturated heterocycles. The van der Waals surface area contributed by atoms with Crippen LogP contribution in [0.2, 0.25) is 5.02 Å². The molecule has 0 aliphatic heterocycles. The zero-order valence-electron chi connectivity index (χ0n) is 18.0. The van der Waals surface area contributed by atoms with Crippen LogP contribution in [0.15, 0.2) is 47.4 Å². The van der Waals surface area contributed by atoms with Crippen LogP contribution >= 0.6 is 11.6 Å². The summed E-state index contributed by atoms with van der Waals surface area (Å²) in [6.45, 7) is 11.2. The first-order chi connectivity index (χ1) is 14.3. The fourth-order valence-electron chi connectivity index (χ4n) is 3.15. The molecule has 0 spiro atoms. The highest BCUT2D eigenvalue weighted by Gasteiger charge is 2.25. The van der Waals surface area contributed by atoms with Crippen LogP contribution in [0, 0.1) is 0 Å². The summed E-state index contributed by atoms with van der Waals surface area (Å²) in [6.07, 6.45) is 0. The lowest BCUT2D eigenvalue weighted by Gasteiger charge is -2.20. The molecule has 1 N–H and O–H groups in total. The smallest absolute Gasteiger partial charge is 0.255 e. The highest BCUT2D eigenvalue weighted by atomic mass is 35.5. The number of nitrogens with one attached hydrogen (secondary N) is 1. The van der Waals surface area contributed by atoms with Crippen molar-refractivity contribution in [2.45, 2.75) is 39.1 Å². The van der Waals surface area contributed by atoms with Crippen molar-refractivity contribution in [1.29, 1.82) is 0 Å². The number of benzene rings is 2. The highest BCUT2D eigenvalue weighted by molar-refractivity contribution is 7.89. The third-order valence-electron chi connectivity index (χ3n) is 5.03. The van der Waals surface area contributed by atoms with Gasteiger partial charge in [-0.05, 0) is 49.0 Å². The minimum atomic E-state index is -3.73. The number of hydrogen-bond acceptors (Lipinski definition) is 4. The Hall–Kier alpha value is -1.93. The molecular weight excluding hydrogens is 422 g/mol. The largest absolute Gasteiger partial charge is 0.322 e. The van der Waals surface area contributed by atoms with Gasteiger partial charge in [0.05, 0.1) is 5.02 Å². The Kier molecular flexibility index (Phi) is 8.85. The second kappa shape index (κ2) is 10.9. The minimum absolute atomic E-state index is 0.0137. The number of amides is 1. The SMILES string of the molecule is CCN(CC)Cc1ccc(C(=O)Nc2ccc(Cl)c(S(=O)(=O)N(CC)CC)c2)cc1. The van der Waals surface area contributed by atoms with Crippen LogP contribution in [0.3, 0.4) is 0 Å². The van der Waals surface area contributed by atoms with E-state index in [9.17, 15) is 13.2 Å². The molecule has 6 nitrogen and oxygen atoms in total. The molecule has 0 heterocycles. The lowest BCUT2D eigenvalue weighted by Crippen LogP contribution is -2.30. The Bertz CT molecular complexity index is 954. The maximum Gasteiger partial charge on any atom is 0.255 e. The van der Waals surface area contributed by atoms with Crippen LogP contribution in [0.5, 0.6) is 0 Å². The van der Waals surface area contributed by atoms with Gasteiger partial charge in [-0.3, -0.25) is 9.69 Å². The normalized spacial score (nSPS) is 11.8. The average Bonchev–Trinajstić information content (AvgIpc) is 2.74. The van der Waals surface area contributed by atoms with Crippen molar-refractivity contribution < 1.29 is 13.2 Å². The number of carbonyl (C=O) groups excluding carboxylic acids is 1. The fraction of sp³-hybridized carbons (Fsp3) is 0.409. The van der Waals surface area contributed by atoms with Crippen LogP contribution in [-0.2, 0) is 16.6 Å². The van der Waals surface area contributed by atoms with Gasteiger partial charge in [0.2, 0.25) is 10.0 Å². The Labute approximate surface area is 184 Å². The summed E-state index contributed by atoms with van der Waals surface area (Å²) in [5, 5.41) is 2.89. The second-order valence-corrected chi connectivity index (χ2v) is 9.16. The van der Waals surface area contributed by atoms with Gasteiger partial charge < -0.3 is 5.32 Å². The molecule has 0 aliphatic carbocycles. The molecule has 2 aromatic rings. The van der Waals surface area contributed by atoms with Gasteiger partial charge in [0, 0.05) is 30.9 Å². The maximum absolute atomic E-state index is 12.8. The number of rotatable bonds is 10. The maximum atomic E-state index is 12.8. The first-order valence-electron chi connectivity index (χ1n) is 10.2. The first-order valence-corrected chi connectivity index (χ1v) is 12.0. The van der Waals surface area contributed by atoms with Crippen LogP contribution in [0.4, 0.5) is 5.69 Å². The number of anilines is 1. The molecule has 0 bridgehead atoms. The molecule has 0 fully saturated rings. The van der Waals surface area contributed by atoms with Crippen LogP contribution in [-0.4, -0.2) is 49.7 Å². The lowest BCUT2D eigenvalue weighted by molar-refractivity contribution is 0.102. The highest BCUT2D eigenvalue weighted by Crippen LogP contribution is 2.28. The molecule has 8 heteroatoms. The molecule has 0 saturated carbocycles. The number of carbonyl (C=O) groups is 1. The van der Waals surface area contributed by atoms with Crippen molar-refractivity contribution in [3.63, 3.8) is 0 Å². The monoisotopic (exact) mass is 451 g/mol. The average molecular weight is 452 g/mol. The number of nitrogens with zero attached hydrogens (tertiary/aromatic N) is 2. The van der Waals surface area contributed by atoms with E-state index in [4.69, 9.17) is 11.6 Å². The third kappa shape index (κ3) is 5.82. The van der Waals surface area contributed by atoms with Gasteiger partial charge in [-0.1, -0.05) is 51.4 Å². The van der Waals surface area contributed by atoms with Crippen molar-refractivity contribution in [2.24, 2.45) is 0 Å². The Morgan fingerprint density at radius 2 is 1.53 bits per heavy atom. The molecule has 0 atom stereocenters. The summed E-state index contributed by atoms with van der Waals surface area (Å²) in [4.78, 5) is 14.9. The Balaban J connectivity index is 2.19. The van der Waals surface area contributed by atoms with E-state index < -0.39 is 10.0 Å². The third-order valence-corrected chi connectivity index (χ3v) is 7.56. The molecule has 2 rings (SSSR count). The predicted molar refractivity (Wildman–Crippen MR) is 123 cm³/mol. The summed E-state index contributed by atoms with van der Waals surface area (Å²) in [6, 6.07) is 11.9. The Morgan fingerprint density at radius 3 is 2.07 bits per heavy atom. The van der Waals surface area contributed by atoms with Gasteiger partial charge in [0.15, 0.2) is 0 Å². The molecule has 0 aliphatic rings. The molecular formula is C22H30ClN3O3S. The Morgan fingerprint density at radius 1 is 0.933 bits per heavy atom. The molecule has 30 heavy (non-hydrogen) atoms. The van der Waals surface area contributed by atoms with Gasteiger partial charge in [-0.15, -0.1) is 0 Å². The van der Waals surface area contributed by atoms with Crippen LogP contribution < -0.4 is 5.32 Å². The summed E-state index contributed by atoms with van der Waals surface area (Å²) < 4.78 is 27.0. The van der Waals surface area contributed by atoms with Gasteiger partial charge in [0.25, 0.3) is 5.91 Å². The summed E-state index contributed by atoms with van der Waals surface area (Å²) in [5.41, 5.74) is 2.01. The van der Waals surface area contributed by atoms with Gasteiger partial charge >= 0.3 is 0 Å². The summed E-state index contributed by atoms with van der Waals surface area (Å²) in [7, 11) is -3.73. The molecule has 0 radical (unpaired) electrons. The van der Waals surface area contributed by atoms with E-state index in [1.54, 1.807) is 32.0 Å². The topological polar surface area (TPSA) is 69.7 Å². The number of hydrogen-bond donors (Lipinski definition) is 1. The van der Waals surface area contributed by atoms with Crippen molar-refractivity contribution in [3.8, 4) is 0 Å². The predicted octanol–water partition coefficient (Wildman–Crippen LogP) is 4.46. The van der Waals surface area contributed by atoms with E-state index in [2.05, 4.69) is 24.1 Å². The second-order valence-electron chi connectivity index (χ2n) is 6.85. The van der Waals surface area contributed by atoms with E-state index in [0.717, 1.165) is 25.2 Å². The van der Waals surface area contributed by atoms with E-state index >= 15 is 0 Å². The van der Waals surface area contributed by atoms with Gasteiger partial charge in [0.1, 0.15) is 4.90 Å². The van der Waals surface area contributed by atoms with Crippen molar-refractivity contribution in [1.82, 2.24) is 9.21 Å². The van der Waals surface area contributed by atoms with Crippen LogP contribution in [0.1, 0.15) is 43.6 Å².